The van der Waals surface area contributed by atoms with Crippen molar-refractivity contribution in [1.29, 1.82) is 5.26 Å². The fourth-order valence-electron chi connectivity index (χ4n) is 3.83. The summed E-state index contributed by atoms with van der Waals surface area (Å²) in [6.07, 6.45) is 10.1. The molecule has 1 aromatic rings. The lowest BCUT2D eigenvalue weighted by molar-refractivity contribution is 0.203. The van der Waals surface area contributed by atoms with Crippen molar-refractivity contribution >= 4 is 0 Å². The van der Waals surface area contributed by atoms with E-state index in [1.165, 1.54) is 44.1 Å². The number of rotatable bonds is 3. The van der Waals surface area contributed by atoms with E-state index in [0.717, 1.165) is 12.8 Å². The highest BCUT2D eigenvalue weighted by Crippen LogP contribution is 2.43. The molecular weight excluding hydrogens is 244 g/mol. The lowest BCUT2D eigenvalue weighted by Gasteiger charge is -2.45. The fourth-order valence-corrected chi connectivity index (χ4v) is 3.83. The van der Waals surface area contributed by atoms with Gasteiger partial charge in [-0.2, -0.15) is 5.26 Å². The third-order valence-corrected chi connectivity index (χ3v) is 5.06. The summed E-state index contributed by atoms with van der Waals surface area (Å²) in [5.74, 6) is 0. The standard InChI is InChI=1S/C18H24N2/c19-14-18(15-8-4-3-5-9-15)12-17(13-18)20-16-10-6-1-2-7-11-16/h3-5,8-9,16-17,20H,1-2,6-7,10-13H2. The number of nitrogens with one attached hydrogen (secondary N) is 1. The highest BCUT2D eigenvalue weighted by molar-refractivity contribution is 5.36. The molecule has 0 saturated heterocycles. The van der Waals surface area contributed by atoms with Gasteiger partial charge in [-0.25, -0.2) is 0 Å². The lowest BCUT2D eigenvalue weighted by atomic mass is 9.62. The number of benzene rings is 1. The predicted octanol–water partition coefficient (Wildman–Crippen LogP) is 3.92. The minimum absolute atomic E-state index is 0.232. The molecule has 2 fully saturated rings. The fraction of sp³-hybridized carbons (Fsp3) is 0.611. The largest absolute Gasteiger partial charge is 0.311 e. The van der Waals surface area contributed by atoms with Crippen molar-refractivity contribution in [3.63, 3.8) is 0 Å². The van der Waals surface area contributed by atoms with Gasteiger partial charge < -0.3 is 5.32 Å². The van der Waals surface area contributed by atoms with Crippen LogP contribution < -0.4 is 5.32 Å². The molecule has 20 heavy (non-hydrogen) atoms. The van der Waals surface area contributed by atoms with E-state index >= 15 is 0 Å². The summed E-state index contributed by atoms with van der Waals surface area (Å²) in [4.78, 5) is 0. The third-order valence-electron chi connectivity index (χ3n) is 5.06. The average Bonchev–Trinajstić information content (AvgIpc) is 2.72. The molecule has 0 heterocycles. The van der Waals surface area contributed by atoms with E-state index in [4.69, 9.17) is 0 Å². The van der Waals surface area contributed by atoms with Gasteiger partial charge in [0, 0.05) is 12.1 Å². The third kappa shape index (κ3) is 2.74. The predicted molar refractivity (Wildman–Crippen MR) is 81.4 cm³/mol. The second kappa shape index (κ2) is 5.97. The van der Waals surface area contributed by atoms with Gasteiger partial charge in [-0.3, -0.25) is 0 Å². The minimum Gasteiger partial charge on any atom is -0.311 e. The highest BCUT2D eigenvalue weighted by atomic mass is 15.0. The summed E-state index contributed by atoms with van der Waals surface area (Å²) < 4.78 is 0. The molecule has 0 radical (unpaired) electrons. The Kier molecular flexibility index (Phi) is 4.08. The Balaban J connectivity index is 1.58. The number of nitriles is 1. The molecule has 0 amide bonds. The molecule has 1 N–H and O–H groups in total. The maximum atomic E-state index is 9.58. The molecule has 3 rings (SSSR count). The molecule has 2 heteroatoms. The van der Waals surface area contributed by atoms with Crippen LogP contribution >= 0.6 is 0 Å². The number of nitrogens with zero attached hydrogens (tertiary/aromatic N) is 1. The summed E-state index contributed by atoms with van der Waals surface area (Å²) >= 11 is 0. The summed E-state index contributed by atoms with van der Waals surface area (Å²) in [6.45, 7) is 0. The molecule has 0 unspecified atom stereocenters. The normalized spacial score (nSPS) is 31.1. The van der Waals surface area contributed by atoms with Gasteiger partial charge in [0.25, 0.3) is 0 Å². The average molecular weight is 268 g/mol. The first-order valence-corrected chi connectivity index (χ1v) is 8.05. The zero-order valence-electron chi connectivity index (χ0n) is 12.1. The Hall–Kier alpha value is -1.33. The molecule has 2 saturated carbocycles. The van der Waals surface area contributed by atoms with Gasteiger partial charge >= 0.3 is 0 Å². The van der Waals surface area contributed by atoms with Gasteiger partial charge in [-0.15, -0.1) is 0 Å². The van der Waals surface area contributed by atoms with E-state index in [0.29, 0.717) is 12.1 Å². The number of hydrogen-bond donors (Lipinski definition) is 1. The quantitative estimate of drug-likeness (QED) is 0.843. The van der Waals surface area contributed by atoms with Crippen LogP contribution in [0, 0.1) is 11.3 Å². The van der Waals surface area contributed by atoms with Crippen LogP contribution in [0.15, 0.2) is 30.3 Å². The zero-order chi connectivity index (χ0) is 13.8. The van der Waals surface area contributed by atoms with E-state index in [2.05, 4.69) is 23.5 Å². The maximum Gasteiger partial charge on any atom is 0.0852 e. The zero-order valence-corrected chi connectivity index (χ0v) is 12.1. The minimum atomic E-state index is -0.232. The first-order valence-electron chi connectivity index (χ1n) is 8.05. The van der Waals surface area contributed by atoms with E-state index < -0.39 is 0 Å². The van der Waals surface area contributed by atoms with Crippen LogP contribution in [-0.4, -0.2) is 12.1 Å². The molecule has 106 valence electrons. The van der Waals surface area contributed by atoms with Crippen molar-refractivity contribution < 1.29 is 0 Å². The van der Waals surface area contributed by atoms with Gasteiger partial charge in [-0.1, -0.05) is 56.0 Å². The van der Waals surface area contributed by atoms with E-state index in [1.54, 1.807) is 0 Å². The van der Waals surface area contributed by atoms with Crippen molar-refractivity contribution in [2.75, 3.05) is 0 Å². The molecular formula is C18H24N2. The molecule has 0 aliphatic heterocycles. The summed E-state index contributed by atoms with van der Waals surface area (Å²) in [6, 6.07) is 14.1. The van der Waals surface area contributed by atoms with Gasteiger partial charge in [0.2, 0.25) is 0 Å². The molecule has 2 aliphatic rings. The van der Waals surface area contributed by atoms with Crippen LogP contribution in [-0.2, 0) is 5.41 Å². The second-order valence-electron chi connectivity index (χ2n) is 6.52. The van der Waals surface area contributed by atoms with Crippen molar-refractivity contribution in [3.8, 4) is 6.07 Å². The van der Waals surface area contributed by atoms with Gasteiger partial charge in [0.15, 0.2) is 0 Å². The van der Waals surface area contributed by atoms with Crippen LogP contribution in [0.3, 0.4) is 0 Å². The second-order valence-corrected chi connectivity index (χ2v) is 6.52. The summed E-state index contributed by atoms with van der Waals surface area (Å²) in [7, 11) is 0. The van der Waals surface area contributed by atoms with Crippen molar-refractivity contribution in [3.05, 3.63) is 35.9 Å². The molecule has 0 spiro atoms. The van der Waals surface area contributed by atoms with Crippen LogP contribution in [0.4, 0.5) is 0 Å². The molecule has 0 aromatic heterocycles. The first kappa shape index (κ1) is 13.6. The monoisotopic (exact) mass is 268 g/mol. The Morgan fingerprint density at radius 1 is 0.950 bits per heavy atom. The Morgan fingerprint density at radius 2 is 1.60 bits per heavy atom. The van der Waals surface area contributed by atoms with E-state index in [9.17, 15) is 5.26 Å². The molecule has 2 aliphatic carbocycles. The summed E-state index contributed by atoms with van der Waals surface area (Å²) in [5, 5.41) is 13.4. The first-order chi connectivity index (χ1) is 9.82. The van der Waals surface area contributed by atoms with Crippen molar-refractivity contribution in [1.82, 2.24) is 5.32 Å². The van der Waals surface area contributed by atoms with Gasteiger partial charge in [0.05, 0.1) is 11.5 Å². The van der Waals surface area contributed by atoms with Crippen molar-refractivity contribution in [2.24, 2.45) is 0 Å². The van der Waals surface area contributed by atoms with Gasteiger partial charge in [-0.05, 0) is 31.2 Å². The lowest BCUT2D eigenvalue weighted by Crippen LogP contribution is -2.53. The SMILES string of the molecule is N#CC1(c2ccccc2)CC(NC2CCCCCC2)C1. The smallest absolute Gasteiger partial charge is 0.0852 e. The molecule has 1 aromatic carbocycles. The van der Waals surface area contributed by atoms with Crippen molar-refractivity contribution in [2.45, 2.75) is 68.9 Å². The molecule has 2 nitrogen and oxygen atoms in total. The maximum absolute atomic E-state index is 9.58. The van der Waals surface area contributed by atoms with Gasteiger partial charge in [0.1, 0.15) is 0 Å². The molecule has 0 bridgehead atoms. The molecule has 0 atom stereocenters. The van der Waals surface area contributed by atoms with Crippen LogP contribution in [0.1, 0.15) is 56.9 Å². The Labute approximate surface area is 122 Å². The number of hydrogen-bond acceptors (Lipinski definition) is 2. The van der Waals surface area contributed by atoms with Crippen LogP contribution in [0.5, 0.6) is 0 Å². The Bertz CT molecular complexity index is 460. The van der Waals surface area contributed by atoms with E-state index in [1.807, 2.05) is 18.2 Å². The Morgan fingerprint density at radius 3 is 2.20 bits per heavy atom. The van der Waals surface area contributed by atoms with Crippen LogP contribution in [0.2, 0.25) is 0 Å². The topological polar surface area (TPSA) is 35.8 Å². The summed E-state index contributed by atoms with van der Waals surface area (Å²) in [5.41, 5.74) is 0.963. The van der Waals surface area contributed by atoms with Crippen LogP contribution in [0.25, 0.3) is 0 Å². The highest BCUT2D eigenvalue weighted by Gasteiger charge is 2.46. The van der Waals surface area contributed by atoms with E-state index in [-0.39, 0.29) is 5.41 Å².